The largest absolute Gasteiger partial charge is 0.345 e. The van der Waals surface area contributed by atoms with Crippen LogP contribution in [0.5, 0.6) is 0 Å². The van der Waals surface area contributed by atoms with Gasteiger partial charge in [0.1, 0.15) is 6.04 Å². The fraction of sp³-hybridized carbons (Fsp3) is 0.300. The van der Waals surface area contributed by atoms with Crippen molar-refractivity contribution in [2.75, 3.05) is 25.5 Å². The molecule has 0 fully saturated rings. The quantitative estimate of drug-likeness (QED) is 0.724. The minimum atomic E-state index is -0.427. The van der Waals surface area contributed by atoms with Crippen molar-refractivity contribution in [2.45, 2.75) is 19.9 Å². The van der Waals surface area contributed by atoms with Crippen molar-refractivity contribution in [3.63, 3.8) is 0 Å². The number of hydrogen-bond donors (Lipinski definition) is 2. The first-order valence-electron chi connectivity index (χ1n) is 8.51. The van der Waals surface area contributed by atoms with Gasteiger partial charge in [0.05, 0.1) is 6.54 Å². The number of benzene rings is 2. The average molecular weight is 418 g/mol. The van der Waals surface area contributed by atoms with Crippen molar-refractivity contribution in [1.29, 1.82) is 0 Å². The summed E-state index contributed by atoms with van der Waals surface area (Å²) < 4.78 is 0.983. The van der Waals surface area contributed by atoms with Gasteiger partial charge in [0, 0.05) is 10.2 Å². The van der Waals surface area contributed by atoms with Gasteiger partial charge in [-0.05, 0) is 49.8 Å². The second-order valence-electron chi connectivity index (χ2n) is 6.12. The molecule has 0 saturated heterocycles. The third kappa shape index (κ3) is 5.41. The number of hydrogen-bond acceptors (Lipinski definition) is 3. The Labute approximate surface area is 162 Å². The fourth-order valence-electron chi connectivity index (χ4n) is 2.62. The minimum absolute atomic E-state index is 0.0746. The first kappa shape index (κ1) is 20.1. The molecule has 0 aliphatic rings. The molecule has 0 heterocycles. The van der Waals surface area contributed by atoms with Crippen LogP contribution in [0, 0.1) is 6.92 Å². The highest BCUT2D eigenvalue weighted by molar-refractivity contribution is 9.10. The Morgan fingerprint density at radius 2 is 1.85 bits per heavy atom. The number of carbonyl (C=O) groups excluding carboxylic acids is 2. The molecule has 26 heavy (non-hydrogen) atoms. The smallest absolute Gasteiger partial charge is 0.243 e. The van der Waals surface area contributed by atoms with Crippen LogP contribution in [-0.2, 0) is 9.59 Å². The molecular weight excluding hydrogens is 394 g/mol. The molecule has 2 aromatic rings. The molecule has 1 unspecified atom stereocenters. The van der Waals surface area contributed by atoms with E-state index >= 15 is 0 Å². The first-order valence-corrected chi connectivity index (χ1v) is 9.30. The van der Waals surface area contributed by atoms with Crippen molar-refractivity contribution in [3.8, 4) is 0 Å². The lowest BCUT2D eigenvalue weighted by Crippen LogP contribution is -2.41. The number of amides is 2. The average Bonchev–Trinajstić information content (AvgIpc) is 2.64. The number of nitrogens with one attached hydrogen (secondary N) is 2. The number of rotatable bonds is 7. The molecule has 0 spiro atoms. The van der Waals surface area contributed by atoms with E-state index in [1.807, 2.05) is 74.3 Å². The van der Waals surface area contributed by atoms with Gasteiger partial charge in [-0.25, -0.2) is 0 Å². The van der Waals surface area contributed by atoms with E-state index < -0.39 is 6.04 Å². The molecule has 0 saturated carbocycles. The zero-order valence-corrected chi connectivity index (χ0v) is 16.8. The van der Waals surface area contributed by atoms with Gasteiger partial charge in [-0.2, -0.15) is 0 Å². The molecule has 2 rings (SSSR count). The summed E-state index contributed by atoms with van der Waals surface area (Å²) in [6.45, 7) is 4.59. The van der Waals surface area contributed by atoms with E-state index in [-0.39, 0.29) is 18.4 Å². The van der Waals surface area contributed by atoms with E-state index in [1.54, 1.807) is 0 Å². The molecule has 1 atom stereocenters. The Balaban J connectivity index is 1.98. The van der Waals surface area contributed by atoms with Gasteiger partial charge in [0.2, 0.25) is 11.8 Å². The Bertz CT molecular complexity index is 765. The number of anilines is 1. The molecule has 6 heteroatoms. The maximum absolute atomic E-state index is 12.7. The van der Waals surface area contributed by atoms with Gasteiger partial charge in [-0.1, -0.05) is 53.2 Å². The van der Waals surface area contributed by atoms with Crippen LogP contribution in [0.15, 0.2) is 53.0 Å². The second kappa shape index (κ2) is 9.50. The zero-order chi connectivity index (χ0) is 19.1. The first-order chi connectivity index (χ1) is 12.4. The SMILES string of the molecule is CCN(C)C(C(=O)NCC(=O)Nc1ccc(Br)c(C)c1)c1ccccc1. The lowest BCUT2D eigenvalue weighted by Gasteiger charge is -2.26. The summed E-state index contributed by atoms with van der Waals surface area (Å²) >= 11 is 3.43. The predicted octanol–water partition coefficient (Wildman–Crippen LogP) is 3.51. The summed E-state index contributed by atoms with van der Waals surface area (Å²) in [6.07, 6.45) is 0. The van der Waals surface area contributed by atoms with E-state index in [1.165, 1.54) is 0 Å². The van der Waals surface area contributed by atoms with Crippen LogP contribution in [0.3, 0.4) is 0 Å². The van der Waals surface area contributed by atoms with E-state index in [0.717, 1.165) is 22.1 Å². The van der Waals surface area contributed by atoms with Crippen LogP contribution >= 0.6 is 15.9 Å². The van der Waals surface area contributed by atoms with E-state index in [0.29, 0.717) is 5.69 Å². The van der Waals surface area contributed by atoms with Gasteiger partial charge < -0.3 is 10.6 Å². The summed E-state index contributed by atoms with van der Waals surface area (Å²) in [5.74, 6) is -0.450. The van der Waals surface area contributed by atoms with Gasteiger partial charge in [0.25, 0.3) is 0 Å². The van der Waals surface area contributed by atoms with Gasteiger partial charge in [0.15, 0.2) is 0 Å². The number of aryl methyl sites for hydroxylation is 1. The molecule has 2 N–H and O–H groups in total. The molecule has 138 valence electrons. The lowest BCUT2D eigenvalue weighted by atomic mass is 10.0. The molecule has 0 aliphatic carbocycles. The number of likely N-dealkylation sites (N-methyl/N-ethyl adjacent to an activating group) is 1. The summed E-state index contributed by atoms with van der Waals surface area (Å²) in [4.78, 5) is 26.8. The molecule has 0 radical (unpaired) electrons. The number of carbonyl (C=O) groups is 2. The van der Waals surface area contributed by atoms with Crippen molar-refractivity contribution in [2.24, 2.45) is 0 Å². The van der Waals surface area contributed by atoms with Gasteiger partial charge >= 0.3 is 0 Å². The zero-order valence-electron chi connectivity index (χ0n) is 15.3. The molecule has 0 bridgehead atoms. The molecule has 0 aromatic heterocycles. The van der Waals surface area contributed by atoms with Crippen LogP contribution < -0.4 is 10.6 Å². The van der Waals surface area contributed by atoms with Gasteiger partial charge in [-0.15, -0.1) is 0 Å². The Kier molecular flexibility index (Phi) is 7.36. The van der Waals surface area contributed by atoms with Crippen LogP contribution in [0.25, 0.3) is 0 Å². The molecule has 5 nitrogen and oxygen atoms in total. The molecule has 2 aromatic carbocycles. The lowest BCUT2D eigenvalue weighted by molar-refractivity contribution is -0.128. The highest BCUT2D eigenvalue weighted by Crippen LogP contribution is 2.20. The van der Waals surface area contributed by atoms with Crippen molar-refractivity contribution in [3.05, 3.63) is 64.1 Å². The highest BCUT2D eigenvalue weighted by Gasteiger charge is 2.24. The molecular formula is C20H24BrN3O2. The topological polar surface area (TPSA) is 61.4 Å². The molecule has 0 aliphatic heterocycles. The maximum Gasteiger partial charge on any atom is 0.243 e. The monoisotopic (exact) mass is 417 g/mol. The van der Waals surface area contributed by atoms with Crippen molar-refractivity contribution in [1.82, 2.24) is 10.2 Å². The number of halogens is 1. The Morgan fingerprint density at radius 1 is 1.15 bits per heavy atom. The third-order valence-electron chi connectivity index (χ3n) is 4.17. The third-order valence-corrected chi connectivity index (χ3v) is 5.06. The number of nitrogens with zero attached hydrogens (tertiary/aromatic N) is 1. The predicted molar refractivity (Wildman–Crippen MR) is 108 cm³/mol. The summed E-state index contributed by atoms with van der Waals surface area (Å²) in [5.41, 5.74) is 2.63. The van der Waals surface area contributed by atoms with E-state index in [2.05, 4.69) is 26.6 Å². The van der Waals surface area contributed by atoms with Gasteiger partial charge in [-0.3, -0.25) is 14.5 Å². The summed E-state index contributed by atoms with van der Waals surface area (Å²) in [7, 11) is 1.89. The van der Waals surface area contributed by atoms with Crippen LogP contribution in [0.4, 0.5) is 5.69 Å². The highest BCUT2D eigenvalue weighted by atomic mass is 79.9. The fourth-order valence-corrected chi connectivity index (χ4v) is 2.86. The summed E-state index contributed by atoms with van der Waals surface area (Å²) in [6, 6.07) is 14.7. The van der Waals surface area contributed by atoms with Crippen LogP contribution in [-0.4, -0.2) is 36.9 Å². The van der Waals surface area contributed by atoms with Crippen molar-refractivity contribution >= 4 is 33.4 Å². The summed E-state index contributed by atoms with van der Waals surface area (Å²) in [5, 5.41) is 5.54. The second-order valence-corrected chi connectivity index (χ2v) is 6.97. The minimum Gasteiger partial charge on any atom is -0.345 e. The maximum atomic E-state index is 12.7. The van der Waals surface area contributed by atoms with Crippen molar-refractivity contribution < 1.29 is 9.59 Å². The Hall–Kier alpha value is -2.18. The van der Waals surface area contributed by atoms with E-state index in [4.69, 9.17) is 0 Å². The van der Waals surface area contributed by atoms with Crippen LogP contribution in [0.1, 0.15) is 24.1 Å². The van der Waals surface area contributed by atoms with Crippen LogP contribution in [0.2, 0.25) is 0 Å². The van der Waals surface area contributed by atoms with E-state index in [9.17, 15) is 9.59 Å². The normalized spacial score (nSPS) is 11.9. The standard InChI is InChI=1S/C20H24BrN3O2/c1-4-24(3)19(15-8-6-5-7-9-15)20(26)22-13-18(25)23-16-10-11-17(21)14(2)12-16/h5-12,19H,4,13H2,1-3H3,(H,22,26)(H,23,25). The molecule has 2 amide bonds. The Morgan fingerprint density at radius 3 is 2.46 bits per heavy atom.